The molecule has 0 saturated heterocycles. The molecule has 2 heterocycles. The average Bonchev–Trinajstić information content (AvgIpc) is 2.85. The summed E-state index contributed by atoms with van der Waals surface area (Å²) < 4.78 is 0. The smallest absolute Gasteiger partial charge is 0.258 e. The van der Waals surface area contributed by atoms with Gasteiger partial charge in [0.25, 0.3) is 5.91 Å². The summed E-state index contributed by atoms with van der Waals surface area (Å²) in [5.41, 5.74) is 2.44. The molecule has 0 atom stereocenters. The van der Waals surface area contributed by atoms with Crippen LogP contribution in [0, 0.1) is 0 Å². The van der Waals surface area contributed by atoms with Gasteiger partial charge in [0.05, 0.1) is 17.0 Å². The molecule has 1 aliphatic heterocycles. The van der Waals surface area contributed by atoms with Crippen molar-refractivity contribution in [2.45, 2.75) is 19.9 Å². The summed E-state index contributed by atoms with van der Waals surface area (Å²) >= 11 is 1.51. The summed E-state index contributed by atoms with van der Waals surface area (Å²) in [6.45, 7) is 3.30. The molecule has 3 rings (SSSR count). The van der Waals surface area contributed by atoms with E-state index in [-0.39, 0.29) is 11.8 Å². The molecule has 0 spiro atoms. The van der Waals surface area contributed by atoms with Crippen molar-refractivity contribution in [2.24, 2.45) is 0 Å². The Bertz CT molecular complexity index is 710. The van der Waals surface area contributed by atoms with Gasteiger partial charge >= 0.3 is 0 Å². The maximum atomic E-state index is 12.7. The average molecular weight is 316 g/mol. The lowest BCUT2D eigenvalue weighted by atomic mass is 10.0. The van der Waals surface area contributed by atoms with Crippen LogP contribution < -0.4 is 16.0 Å². The molecular formula is C16H18N3O2S+. The van der Waals surface area contributed by atoms with Crippen LogP contribution in [0.2, 0.25) is 0 Å². The molecule has 0 fully saturated rings. The van der Waals surface area contributed by atoms with E-state index >= 15 is 0 Å². The van der Waals surface area contributed by atoms with Gasteiger partial charge in [-0.1, -0.05) is 18.2 Å². The van der Waals surface area contributed by atoms with E-state index in [1.165, 1.54) is 23.1 Å². The molecular weight excluding hydrogens is 298 g/mol. The second-order valence-electron chi connectivity index (χ2n) is 5.24. The number of nitrogens with two attached hydrogens (primary N) is 1. The second-order valence-corrected chi connectivity index (χ2v) is 6.35. The summed E-state index contributed by atoms with van der Waals surface area (Å²) in [6, 6.07) is 9.36. The van der Waals surface area contributed by atoms with Crippen LogP contribution in [-0.4, -0.2) is 18.4 Å². The number of carbonyl (C=O) groups excluding carboxylic acids is 2. The molecule has 1 aliphatic rings. The standard InChI is InChI=1S/C16H17N3O2S/c1-10(20)18-16-14(12-7-8-17-9-13(12)22-16)15(21)19-11-5-3-2-4-6-11/h2-6,17H,7-9H2,1H3,(H,18,20)(H,19,21)/p+1. The van der Waals surface area contributed by atoms with Gasteiger partial charge in [-0.2, -0.15) is 0 Å². The molecule has 0 radical (unpaired) electrons. The van der Waals surface area contributed by atoms with Gasteiger partial charge in [0.2, 0.25) is 5.91 Å². The highest BCUT2D eigenvalue weighted by molar-refractivity contribution is 7.17. The first-order valence-corrected chi connectivity index (χ1v) is 8.07. The quantitative estimate of drug-likeness (QED) is 0.804. The van der Waals surface area contributed by atoms with Crippen LogP contribution in [0.15, 0.2) is 30.3 Å². The number of fused-ring (bicyclic) bond motifs is 1. The number of amides is 2. The van der Waals surface area contributed by atoms with Gasteiger partial charge in [-0.25, -0.2) is 0 Å². The highest BCUT2D eigenvalue weighted by atomic mass is 32.1. The monoisotopic (exact) mass is 316 g/mol. The maximum Gasteiger partial charge on any atom is 0.258 e. The minimum Gasteiger partial charge on any atom is -0.342 e. The van der Waals surface area contributed by atoms with E-state index in [0.29, 0.717) is 10.6 Å². The van der Waals surface area contributed by atoms with Crippen molar-refractivity contribution < 1.29 is 14.9 Å². The van der Waals surface area contributed by atoms with Crippen molar-refractivity contribution in [3.8, 4) is 0 Å². The van der Waals surface area contributed by atoms with Crippen LogP contribution in [0.25, 0.3) is 0 Å². The SMILES string of the molecule is CC(=O)Nc1sc2c(c1C(=O)Nc1ccccc1)CC[NH2+]C2. The lowest BCUT2D eigenvalue weighted by molar-refractivity contribution is -0.672. The molecule has 4 N–H and O–H groups in total. The number of benzene rings is 1. The predicted molar refractivity (Wildman–Crippen MR) is 87.2 cm³/mol. The highest BCUT2D eigenvalue weighted by Crippen LogP contribution is 2.35. The highest BCUT2D eigenvalue weighted by Gasteiger charge is 2.27. The number of thiophene rings is 1. The Morgan fingerprint density at radius 2 is 1.95 bits per heavy atom. The molecule has 114 valence electrons. The largest absolute Gasteiger partial charge is 0.342 e. The topological polar surface area (TPSA) is 74.8 Å². The zero-order valence-corrected chi connectivity index (χ0v) is 13.1. The fourth-order valence-corrected chi connectivity index (χ4v) is 3.91. The van der Waals surface area contributed by atoms with E-state index in [9.17, 15) is 9.59 Å². The van der Waals surface area contributed by atoms with Crippen LogP contribution in [0.1, 0.15) is 27.7 Å². The van der Waals surface area contributed by atoms with Gasteiger partial charge in [-0.05, 0) is 17.7 Å². The lowest BCUT2D eigenvalue weighted by Crippen LogP contribution is -2.84. The normalized spacial score (nSPS) is 13.3. The van der Waals surface area contributed by atoms with E-state index in [1.54, 1.807) is 0 Å². The molecule has 22 heavy (non-hydrogen) atoms. The Kier molecular flexibility index (Phi) is 4.22. The van der Waals surface area contributed by atoms with Crippen molar-refractivity contribution in [3.05, 3.63) is 46.3 Å². The number of anilines is 2. The van der Waals surface area contributed by atoms with Crippen LogP contribution in [0.4, 0.5) is 10.7 Å². The van der Waals surface area contributed by atoms with E-state index in [1.807, 2.05) is 30.3 Å². The second kappa shape index (κ2) is 6.29. The molecule has 1 aromatic heterocycles. The Morgan fingerprint density at radius 3 is 2.68 bits per heavy atom. The number of quaternary nitrogens is 1. The van der Waals surface area contributed by atoms with Gasteiger partial charge in [-0.3, -0.25) is 9.59 Å². The minimum absolute atomic E-state index is 0.156. The van der Waals surface area contributed by atoms with Crippen LogP contribution in [-0.2, 0) is 17.8 Å². The fraction of sp³-hybridized carbons (Fsp3) is 0.250. The first-order chi connectivity index (χ1) is 10.6. The molecule has 6 heteroatoms. The summed E-state index contributed by atoms with van der Waals surface area (Å²) in [6.07, 6.45) is 0.850. The molecule has 5 nitrogen and oxygen atoms in total. The molecule has 2 amide bonds. The summed E-state index contributed by atoms with van der Waals surface area (Å²) in [7, 11) is 0. The molecule has 0 unspecified atom stereocenters. The van der Waals surface area contributed by atoms with E-state index < -0.39 is 0 Å². The van der Waals surface area contributed by atoms with Gasteiger partial charge in [0.15, 0.2) is 0 Å². The van der Waals surface area contributed by atoms with Crippen molar-refractivity contribution in [1.82, 2.24) is 0 Å². The first-order valence-electron chi connectivity index (χ1n) is 7.25. The van der Waals surface area contributed by atoms with Crippen molar-refractivity contribution in [3.63, 3.8) is 0 Å². The summed E-state index contributed by atoms with van der Waals surface area (Å²) in [4.78, 5) is 25.3. The van der Waals surface area contributed by atoms with E-state index in [2.05, 4.69) is 16.0 Å². The third-order valence-corrected chi connectivity index (χ3v) is 4.74. The lowest BCUT2D eigenvalue weighted by Gasteiger charge is -2.12. The molecule has 0 aliphatic carbocycles. The van der Waals surface area contributed by atoms with E-state index in [0.717, 1.165) is 30.8 Å². The van der Waals surface area contributed by atoms with E-state index in [4.69, 9.17) is 0 Å². The Morgan fingerprint density at radius 1 is 1.18 bits per heavy atom. The Hall–Kier alpha value is -2.18. The number of hydrogen-bond acceptors (Lipinski definition) is 3. The summed E-state index contributed by atoms with van der Waals surface area (Å²) in [5.74, 6) is -0.314. The molecule has 0 saturated carbocycles. The molecule has 1 aromatic carbocycles. The van der Waals surface area contributed by atoms with Crippen LogP contribution in [0.5, 0.6) is 0 Å². The van der Waals surface area contributed by atoms with Gasteiger partial charge in [0, 0.05) is 19.0 Å². The van der Waals surface area contributed by atoms with Crippen molar-refractivity contribution in [2.75, 3.05) is 17.2 Å². The minimum atomic E-state index is -0.158. The van der Waals surface area contributed by atoms with Crippen LogP contribution in [0.3, 0.4) is 0 Å². The molecule has 2 aromatic rings. The van der Waals surface area contributed by atoms with Gasteiger partial charge in [0.1, 0.15) is 11.5 Å². The number of hydrogen-bond donors (Lipinski definition) is 3. The van der Waals surface area contributed by atoms with Gasteiger partial charge in [-0.15, -0.1) is 11.3 Å². The molecule has 0 bridgehead atoms. The number of nitrogens with one attached hydrogen (secondary N) is 2. The van der Waals surface area contributed by atoms with Crippen LogP contribution >= 0.6 is 11.3 Å². The van der Waals surface area contributed by atoms with Crippen molar-refractivity contribution in [1.29, 1.82) is 0 Å². The Balaban J connectivity index is 1.95. The van der Waals surface area contributed by atoms with Gasteiger partial charge < -0.3 is 16.0 Å². The number of para-hydroxylation sites is 1. The third-order valence-electron chi connectivity index (χ3n) is 3.57. The third kappa shape index (κ3) is 3.03. The number of carbonyl (C=O) groups is 2. The maximum absolute atomic E-state index is 12.7. The fourth-order valence-electron chi connectivity index (χ4n) is 2.62. The first kappa shape index (κ1) is 14.7. The Labute approximate surface area is 132 Å². The van der Waals surface area contributed by atoms with Crippen molar-refractivity contribution >= 4 is 33.8 Å². The predicted octanol–water partition coefficient (Wildman–Crippen LogP) is 1.58. The zero-order valence-electron chi connectivity index (χ0n) is 12.3. The number of rotatable bonds is 3. The zero-order chi connectivity index (χ0) is 15.5. The summed E-state index contributed by atoms with van der Waals surface area (Å²) in [5, 5.41) is 8.59.